The third-order valence-electron chi connectivity index (χ3n) is 5.74. The number of anilines is 2. The lowest BCUT2D eigenvalue weighted by Crippen LogP contribution is -2.37. The minimum Gasteiger partial charge on any atom is -0.387 e. The molecule has 1 amide bonds. The Hall–Kier alpha value is -2.94. The molecule has 4 rings (SSSR count). The molecule has 1 saturated carbocycles. The predicted octanol–water partition coefficient (Wildman–Crippen LogP) is 4.62. The van der Waals surface area contributed by atoms with Gasteiger partial charge in [-0.3, -0.25) is 4.40 Å². The highest BCUT2D eigenvalue weighted by atomic mass is 32.1. The van der Waals surface area contributed by atoms with Crippen LogP contribution in [0.3, 0.4) is 0 Å². The summed E-state index contributed by atoms with van der Waals surface area (Å²) in [5.41, 5.74) is 1.58. The van der Waals surface area contributed by atoms with Crippen LogP contribution in [0.25, 0.3) is 5.65 Å². The van der Waals surface area contributed by atoms with E-state index >= 15 is 0 Å². The fourth-order valence-electron chi connectivity index (χ4n) is 4.09. The van der Waals surface area contributed by atoms with E-state index in [1.54, 1.807) is 29.6 Å². The van der Waals surface area contributed by atoms with E-state index in [0.717, 1.165) is 37.2 Å². The lowest BCUT2D eigenvalue weighted by Gasteiger charge is -2.27. The summed E-state index contributed by atoms with van der Waals surface area (Å²) >= 11 is 5.48. The molecule has 2 N–H and O–H groups in total. The zero-order chi connectivity index (χ0) is 22.0. The van der Waals surface area contributed by atoms with Crippen LogP contribution in [0.5, 0.6) is 0 Å². The highest BCUT2D eigenvalue weighted by Crippen LogP contribution is 2.27. The molecule has 162 valence electrons. The van der Waals surface area contributed by atoms with Crippen molar-refractivity contribution in [1.82, 2.24) is 9.38 Å². The van der Waals surface area contributed by atoms with Gasteiger partial charge in [-0.05, 0) is 37.1 Å². The minimum atomic E-state index is -2.60. The molecule has 31 heavy (non-hydrogen) atoms. The maximum atomic E-state index is 13.0. The molecule has 0 aliphatic heterocycles. The number of nitrogens with one attached hydrogen (secondary N) is 2. The zero-order valence-electron chi connectivity index (χ0n) is 17.1. The fourth-order valence-corrected chi connectivity index (χ4v) is 4.40. The topological polar surface area (TPSA) is 61.4 Å². The number of pyridine rings is 1. The molecule has 1 fully saturated rings. The Morgan fingerprint density at radius 3 is 2.61 bits per heavy atom. The van der Waals surface area contributed by atoms with Gasteiger partial charge in [0.25, 0.3) is 18.9 Å². The smallest absolute Gasteiger partial charge is 0.387 e. The number of carbonyl (C=O) groups excluding carboxylic acids is 1. The Labute approximate surface area is 184 Å². The van der Waals surface area contributed by atoms with E-state index in [1.807, 2.05) is 24.3 Å². The van der Waals surface area contributed by atoms with E-state index in [0.29, 0.717) is 11.2 Å². The number of carbonyl (C=O) groups is 1. The number of rotatable bonds is 6. The summed E-state index contributed by atoms with van der Waals surface area (Å²) in [4.78, 5) is 16.9. The molecule has 1 aliphatic rings. The number of fused-ring (bicyclic) bond motifs is 1. The van der Waals surface area contributed by atoms with Gasteiger partial charge >= 0.3 is 5.91 Å². The highest BCUT2D eigenvalue weighted by Gasteiger charge is 2.35. The Balaban J connectivity index is 1.41. The number of hydrogen-bond donors (Lipinski definition) is 2. The van der Waals surface area contributed by atoms with E-state index in [9.17, 15) is 13.6 Å². The molecule has 0 spiro atoms. The third kappa shape index (κ3) is 4.41. The van der Waals surface area contributed by atoms with E-state index in [4.69, 9.17) is 12.4 Å². The second-order valence-electron chi connectivity index (χ2n) is 7.68. The van der Waals surface area contributed by atoms with E-state index in [2.05, 4.69) is 15.6 Å². The van der Waals surface area contributed by atoms with Gasteiger partial charge in [-0.25, -0.2) is 18.6 Å². The quantitative estimate of drug-likeness (QED) is 0.544. The van der Waals surface area contributed by atoms with Crippen LogP contribution in [0.1, 0.15) is 48.2 Å². The summed E-state index contributed by atoms with van der Waals surface area (Å²) in [5.74, 6) is 0.564. The van der Waals surface area contributed by atoms with Crippen molar-refractivity contribution in [2.24, 2.45) is 0 Å². The molecule has 6 nitrogen and oxygen atoms in total. The van der Waals surface area contributed by atoms with Crippen LogP contribution in [-0.4, -0.2) is 38.4 Å². The summed E-state index contributed by atoms with van der Waals surface area (Å²) in [6.07, 6.45) is 1.97. The van der Waals surface area contributed by atoms with Crippen molar-refractivity contribution in [3.8, 4) is 0 Å². The Kier molecular flexibility index (Phi) is 6.22. The van der Waals surface area contributed by atoms with Gasteiger partial charge in [-0.1, -0.05) is 22.1 Å². The van der Waals surface area contributed by atoms with Gasteiger partial charge in [-0.15, -0.1) is 0 Å². The molecule has 0 saturated heterocycles. The second kappa shape index (κ2) is 9.05. The molecule has 0 bridgehead atoms. The maximum Gasteiger partial charge on any atom is 0.435 e. The number of imidazole rings is 1. The van der Waals surface area contributed by atoms with Crippen LogP contribution in [0, 0.1) is 0 Å². The van der Waals surface area contributed by atoms with Crippen molar-refractivity contribution in [1.29, 1.82) is 0 Å². The molecule has 1 aliphatic carbocycles. The van der Waals surface area contributed by atoms with E-state index < -0.39 is 6.43 Å². The lowest BCUT2D eigenvalue weighted by atomic mass is 9.91. The van der Waals surface area contributed by atoms with Crippen molar-refractivity contribution < 1.29 is 17.5 Å². The minimum absolute atomic E-state index is 0.0139. The van der Waals surface area contributed by atoms with Crippen LogP contribution in [0.2, 0.25) is 0 Å². The van der Waals surface area contributed by atoms with Gasteiger partial charge in [-0.2, -0.15) is 0 Å². The normalized spacial score (nSPS) is 18.8. The average molecular weight is 445 g/mol. The number of aromatic nitrogens is 2. The summed E-state index contributed by atoms with van der Waals surface area (Å²) in [5, 5.41) is 6.48. The van der Waals surface area contributed by atoms with E-state index in [-0.39, 0.29) is 23.7 Å². The Morgan fingerprint density at radius 2 is 1.90 bits per heavy atom. The first-order valence-electron chi connectivity index (χ1n) is 10.3. The molecule has 9 heteroatoms. The van der Waals surface area contributed by atoms with Crippen LogP contribution in [0.15, 0.2) is 48.7 Å². The summed E-state index contributed by atoms with van der Waals surface area (Å²) in [6.45, 7) is 0. The Bertz CT molecular complexity index is 1110. The average Bonchev–Trinajstić information content (AvgIpc) is 3.24. The van der Waals surface area contributed by atoms with E-state index in [1.165, 1.54) is 10.1 Å². The monoisotopic (exact) mass is 444 g/mol. The molecular weight excluding hydrogens is 420 g/mol. The predicted molar refractivity (Wildman–Crippen MR) is 118 cm³/mol. The second-order valence-corrected chi connectivity index (χ2v) is 8.08. The third-order valence-corrected chi connectivity index (χ3v) is 6.21. The van der Waals surface area contributed by atoms with Crippen LogP contribution < -0.4 is 10.6 Å². The largest absolute Gasteiger partial charge is 0.435 e. The van der Waals surface area contributed by atoms with Crippen LogP contribution in [-0.2, 0) is 12.4 Å². The van der Waals surface area contributed by atoms with Gasteiger partial charge in [0, 0.05) is 32.1 Å². The molecule has 2 heterocycles. The fraction of sp³-hybridized carbons (Fsp3) is 0.364. The number of nitrogens with zero attached hydrogens (tertiary/aromatic N) is 3. The van der Waals surface area contributed by atoms with Gasteiger partial charge in [0.05, 0.1) is 5.69 Å². The number of benzene rings is 1. The molecule has 0 radical (unpaired) electrons. The molecule has 1 aromatic carbocycles. The maximum absolute atomic E-state index is 13.0. The number of amides is 1. The van der Waals surface area contributed by atoms with Gasteiger partial charge in [0.2, 0.25) is 0 Å². The van der Waals surface area contributed by atoms with Crippen molar-refractivity contribution in [3.05, 3.63) is 59.9 Å². The first-order valence-corrected chi connectivity index (χ1v) is 10.6. The first kappa shape index (κ1) is 21.3. The molecule has 3 aromatic rings. The zero-order valence-corrected chi connectivity index (χ0v) is 17.9. The Morgan fingerprint density at radius 1 is 1.16 bits per heavy atom. The molecular formula is C22H24F2N5OS+. The number of para-hydroxylation sites is 1. The van der Waals surface area contributed by atoms with Crippen molar-refractivity contribution >= 4 is 35.5 Å². The highest BCUT2D eigenvalue weighted by molar-refractivity contribution is 7.44. The van der Waals surface area contributed by atoms with Crippen LogP contribution in [0.4, 0.5) is 20.3 Å². The van der Waals surface area contributed by atoms with Gasteiger partial charge in [0.1, 0.15) is 22.7 Å². The number of alkyl halides is 2. The van der Waals surface area contributed by atoms with Gasteiger partial charge < -0.3 is 10.6 Å². The summed E-state index contributed by atoms with van der Waals surface area (Å²) in [7, 11) is 1.78. The van der Waals surface area contributed by atoms with Crippen molar-refractivity contribution in [3.63, 3.8) is 0 Å². The lowest BCUT2D eigenvalue weighted by molar-refractivity contribution is -0.448. The van der Waals surface area contributed by atoms with Gasteiger partial charge in [0.15, 0.2) is 6.04 Å². The SMILES string of the molecule is CNc1ccccc1C(=O)[N+](=S)C1CCC(Nc2cccc3nc(C(F)F)cn23)CC1. The van der Waals surface area contributed by atoms with Crippen molar-refractivity contribution in [2.45, 2.75) is 44.2 Å². The molecule has 2 aromatic heterocycles. The summed E-state index contributed by atoms with van der Waals surface area (Å²) < 4.78 is 29.1. The molecule has 0 unspecified atom stereocenters. The molecule has 0 atom stereocenters. The van der Waals surface area contributed by atoms with Crippen molar-refractivity contribution in [2.75, 3.05) is 17.7 Å². The summed E-state index contributed by atoms with van der Waals surface area (Å²) in [6, 6.07) is 12.8. The van der Waals surface area contributed by atoms with Crippen LogP contribution >= 0.6 is 0 Å². The standard InChI is InChI=1S/C22H23F2N5OS/c1-25-17-6-3-2-5-16(17)22(30)29(31)15-11-9-14(10-12-15)26-19-7-4-8-20-27-18(21(23)24)13-28(19)20/h2-8,13-15,21H,9-12H2,1H3,(H-,25,26,27,30)/p+1. The first-order chi connectivity index (χ1) is 15.0. The number of halogens is 2. The number of hydrogen-bond acceptors (Lipinski definition) is 5.